The molecule has 0 saturated heterocycles. The number of hydrogen-bond acceptors (Lipinski definition) is 2. The molecular formula is C12H18Cl2N2. The lowest BCUT2D eigenvalue weighted by atomic mass is 10.1. The number of benzene rings is 1. The topological polar surface area (TPSA) is 15.3 Å². The minimum atomic E-state index is 0.214. The van der Waals surface area contributed by atoms with E-state index < -0.39 is 0 Å². The van der Waals surface area contributed by atoms with Crippen LogP contribution >= 0.6 is 23.2 Å². The van der Waals surface area contributed by atoms with E-state index in [0.717, 1.165) is 18.7 Å². The maximum absolute atomic E-state index is 6.22. The average Bonchev–Trinajstić information content (AvgIpc) is 2.21. The maximum Gasteiger partial charge on any atom is 0.0640 e. The number of nitrogens with zero attached hydrogens (tertiary/aromatic N) is 1. The highest BCUT2D eigenvalue weighted by molar-refractivity contribution is 6.42. The van der Waals surface area contributed by atoms with E-state index in [0.29, 0.717) is 10.0 Å². The highest BCUT2D eigenvalue weighted by Crippen LogP contribution is 2.30. The first-order valence-electron chi connectivity index (χ1n) is 5.38. The van der Waals surface area contributed by atoms with E-state index in [9.17, 15) is 0 Å². The van der Waals surface area contributed by atoms with Gasteiger partial charge >= 0.3 is 0 Å². The monoisotopic (exact) mass is 260 g/mol. The summed E-state index contributed by atoms with van der Waals surface area (Å²) in [6, 6.07) is 5.98. The summed E-state index contributed by atoms with van der Waals surface area (Å²) in [7, 11) is 4.09. The van der Waals surface area contributed by atoms with Gasteiger partial charge < -0.3 is 10.2 Å². The van der Waals surface area contributed by atoms with Gasteiger partial charge in [-0.1, -0.05) is 42.3 Å². The van der Waals surface area contributed by atoms with Crippen molar-refractivity contribution < 1.29 is 0 Å². The Kier molecular flexibility index (Phi) is 5.56. The zero-order chi connectivity index (χ0) is 12.1. The van der Waals surface area contributed by atoms with Crippen LogP contribution in [0.2, 0.25) is 10.0 Å². The number of rotatable bonds is 5. The second kappa shape index (κ2) is 6.45. The third-order valence-electron chi connectivity index (χ3n) is 2.36. The fourth-order valence-corrected chi connectivity index (χ4v) is 2.11. The Balaban J connectivity index is 2.96. The van der Waals surface area contributed by atoms with Crippen LogP contribution in [0.4, 0.5) is 0 Å². The second-order valence-electron chi connectivity index (χ2n) is 4.02. The molecular weight excluding hydrogens is 243 g/mol. The Morgan fingerprint density at radius 3 is 2.56 bits per heavy atom. The second-order valence-corrected chi connectivity index (χ2v) is 4.80. The van der Waals surface area contributed by atoms with E-state index in [2.05, 4.69) is 17.1 Å². The molecule has 0 fully saturated rings. The number of likely N-dealkylation sites (N-methyl/N-ethyl adjacent to an activating group) is 2. The van der Waals surface area contributed by atoms with E-state index in [4.69, 9.17) is 23.2 Å². The van der Waals surface area contributed by atoms with Gasteiger partial charge in [0.2, 0.25) is 0 Å². The van der Waals surface area contributed by atoms with Gasteiger partial charge in [-0.05, 0) is 32.3 Å². The van der Waals surface area contributed by atoms with Gasteiger partial charge in [-0.2, -0.15) is 0 Å². The molecule has 0 aliphatic carbocycles. The quantitative estimate of drug-likeness (QED) is 0.875. The van der Waals surface area contributed by atoms with Crippen molar-refractivity contribution in [1.29, 1.82) is 0 Å². The van der Waals surface area contributed by atoms with Gasteiger partial charge in [-0.25, -0.2) is 0 Å². The lowest BCUT2D eigenvalue weighted by Gasteiger charge is -2.23. The van der Waals surface area contributed by atoms with Crippen molar-refractivity contribution in [2.24, 2.45) is 0 Å². The zero-order valence-electron chi connectivity index (χ0n) is 9.93. The number of nitrogens with one attached hydrogen (secondary N) is 1. The van der Waals surface area contributed by atoms with Gasteiger partial charge in [0, 0.05) is 12.6 Å². The molecule has 2 nitrogen and oxygen atoms in total. The van der Waals surface area contributed by atoms with Crippen molar-refractivity contribution >= 4 is 23.2 Å². The van der Waals surface area contributed by atoms with Gasteiger partial charge in [0.25, 0.3) is 0 Å². The minimum Gasteiger partial charge on any atom is -0.309 e. The number of hydrogen-bond donors (Lipinski definition) is 1. The Hall–Kier alpha value is -0.280. The normalized spacial score (nSPS) is 13.1. The van der Waals surface area contributed by atoms with E-state index in [-0.39, 0.29) is 6.04 Å². The molecule has 16 heavy (non-hydrogen) atoms. The van der Waals surface area contributed by atoms with Crippen LogP contribution in [0.1, 0.15) is 18.5 Å². The molecule has 0 aliphatic heterocycles. The Bertz CT molecular complexity index is 340. The summed E-state index contributed by atoms with van der Waals surface area (Å²) in [5.41, 5.74) is 1.06. The minimum absolute atomic E-state index is 0.214. The van der Waals surface area contributed by atoms with E-state index in [1.54, 1.807) is 0 Å². The summed E-state index contributed by atoms with van der Waals surface area (Å²) in [5.74, 6) is 0. The first-order valence-corrected chi connectivity index (χ1v) is 6.13. The molecule has 0 amide bonds. The Labute approximate surface area is 108 Å². The third-order valence-corrected chi connectivity index (χ3v) is 3.19. The molecule has 0 aromatic heterocycles. The van der Waals surface area contributed by atoms with Gasteiger partial charge in [0.15, 0.2) is 0 Å². The van der Waals surface area contributed by atoms with Gasteiger partial charge in [0.1, 0.15) is 0 Å². The fraction of sp³-hybridized carbons (Fsp3) is 0.500. The molecule has 0 bridgehead atoms. The lowest BCUT2D eigenvalue weighted by Crippen LogP contribution is -2.31. The summed E-state index contributed by atoms with van der Waals surface area (Å²) in [5, 5.41) is 4.68. The molecule has 0 aliphatic rings. The van der Waals surface area contributed by atoms with Crippen LogP contribution in [0.25, 0.3) is 0 Å². The molecule has 0 radical (unpaired) electrons. The maximum atomic E-state index is 6.22. The zero-order valence-corrected chi connectivity index (χ0v) is 11.4. The van der Waals surface area contributed by atoms with Crippen LogP contribution in [0.5, 0.6) is 0 Å². The molecule has 0 spiro atoms. The van der Waals surface area contributed by atoms with Crippen molar-refractivity contribution in [3.63, 3.8) is 0 Å². The molecule has 1 aromatic rings. The summed E-state index contributed by atoms with van der Waals surface area (Å²) < 4.78 is 0. The van der Waals surface area contributed by atoms with Gasteiger partial charge in [0.05, 0.1) is 10.0 Å². The van der Waals surface area contributed by atoms with Gasteiger partial charge in [-0.3, -0.25) is 0 Å². The van der Waals surface area contributed by atoms with Crippen LogP contribution in [0.15, 0.2) is 18.2 Å². The molecule has 90 valence electrons. The fourth-order valence-electron chi connectivity index (χ4n) is 1.67. The molecule has 1 N–H and O–H groups in total. The molecule has 1 aromatic carbocycles. The largest absolute Gasteiger partial charge is 0.309 e. The standard InChI is InChI=1S/C12H18Cl2N2/c1-4-15-11(8-16(2)3)9-6-5-7-10(13)12(9)14/h5-7,11,15H,4,8H2,1-3H3. The number of halogens is 2. The summed E-state index contributed by atoms with van der Waals surface area (Å²) in [6.45, 7) is 3.89. The highest BCUT2D eigenvalue weighted by Gasteiger charge is 2.15. The van der Waals surface area contributed by atoms with Crippen LogP contribution < -0.4 is 5.32 Å². The first-order chi connectivity index (χ1) is 7.56. The van der Waals surface area contributed by atoms with Crippen molar-refractivity contribution in [1.82, 2.24) is 10.2 Å². The van der Waals surface area contributed by atoms with Crippen molar-refractivity contribution in [2.75, 3.05) is 27.2 Å². The van der Waals surface area contributed by atoms with E-state index in [1.165, 1.54) is 0 Å². The summed E-state index contributed by atoms with van der Waals surface area (Å²) >= 11 is 12.2. The molecule has 0 saturated carbocycles. The predicted molar refractivity (Wildman–Crippen MR) is 71.4 cm³/mol. The predicted octanol–water partition coefficient (Wildman–Crippen LogP) is 3.21. The van der Waals surface area contributed by atoms with Crippen LogP contribution in [0, 0.1) is 0 Å². The highest BCUT2D eigenvalue weighted by atomic mass is 35.5. The van der Waals surface area contributed by atoms with Crippen molar-refractivity contribution in [3.05, 3.63) is 33.8 Å². The summed E-state index contributed by atoms with van der Waals surface area (Å²) in [4.78, 5) is 2.13. The van der Waals surface area contributed by atoms with Crippen LogP contribution in [0.3, 0.4) is 0 Å². The Morgan fingerprint density at radius 1 is 1.31 bits per heavy atom. The van der Waals surface area contributed by atoms with Crippen LogP contribution in [-0.2, 0) is 0 Å². The molecule has 0 heterocycles. The molecule has 1 rings (SSSR count). The third kappa shape index (κ3) is 3.63. The molecule has 1 unspecified atom stereocenters. The van der Waals surface area contributed by atoms with Crippen molar-refractivity contribution in [2.45, 2.75) is 13.0 Å². The lowest BCUT2D eigenvalue weighted by molar-refractivity contribution is 0.345. The van der Waals surface area contributed by atoms with E-state index >= 15 is 0 Å². The first kappa shape index (κ1) is 13.8. The smallest absolute Gasteiger partial charge is 0.0640 e. The van der Waals surface area contributed by atoms with Crippen molar-refractivity contribution in [3.8, 4) is 0 Å². The molecule has 4 heteroatoms. The summed E-state index contributed by atoms with van der Waals surface area (Å²) in [6.07, 6.45) is 0. The molecule has 1 atom stereocenters. The SMILES string of the molecule is CCNC(CN(C)C)c1cccc(Cl)c1Cl. The van der Waals surface area contributed by atoms with Crippen LogP contribution in [-0.4, -0.2) is 32.1 Å². The Morgan fingerprint density at radius 2 is 2.00 bits per heavy atom. The van der Waals surface area contributed by atoms with E-state index in [1.807, 2.05) is 32.3 Å². The average molecular weight is 261 g/mol. The van der Waals surface area contributed by atoms with Gasteiger partial charge in [-0.15, -0.1) is 0 Å².